The third kappa shape index (κ3) is 5.82. The molecule has 178 valence electrons. The van der Waals surface area contributed by atoms with Crippen LogP contribution in [0.5, 0.6) is 5.75 Å². The van der Waals surface area contributed by atoms with Crippen LogP contribution in [0.3, 0.4) is 0 Å². The maximum Gasteiger partial charge on any atom is 0.262 e. The normalized spacial score (nSPS) is 11.0. The summed E-state index contributed by atoms with van der Waals surface area (Å²) < 4.78 is 48.4. The number of ether oxygens (including phenoxy) is 1. The van der Waals surface area contributed by atoms with Crippen LogP contribution < -0.4 is 14.8 Å². The maximum absolute atomic E-state index is 14.0. The van der Waals surface area contributed by atoms with Crippen molar-refractivity contribution in [1.82, 2.24) is 0 Å². The van der Waals surface area contributed by atoms with Gasteiger partial charge < -0.3 is 10.1 Å². The van der Waals surface area contributed by atoms with Gasteiger partial charge in [-0.25, -0.2) is 12.8 Å². The number of carbonyl (C=O) groups excluding carboxylic acids is 1. The lowest BCUT2D eigenvalue weighted by molar-refractivity contribution is 0.102. The quantitative estimate of drug-likeness (QED) is 0.303. The number of sulfonamides is 1. The van der Waals surface area contributed by atoms with Crippen molar-refractivity contribution in [2.24, 2.45) is 0 Å². The number of methoxy groups -OCH3 is 1. The zero-order valence-corrected chi connectivity index (χ0v) is 20.2. The van der Waals surface area contributed by atoms with Crippen molar-refractivity contribution >= 4 is 39.1 Å². The monoisotopic (exact) mass is 508 g/mol. The summed E-state index contributed by atoms with van der Waals surface area (Å²) in [7, 11) is -2.64. The van der Waals surface area contributed by atoms with Gasteiger partial charge in [-0.1, -0.05) is 54.2 Å². The highest BCUT2D eigenvalue weighted by atomic mass is 32.2. The number of benzene rings is 4. The van der Waals surface area contributed by atoms with E-state index >= 15 is 0 Å². The molecule has 0 saturated heterocycles. The fraction of sp³-hybridized carbons (Fsp3) is 0.0385. The van der Waals surface area contributed by atoms with Crippen LogP contribution in [0, 0.1) is 5.82 Å². The smallest absolute Gasteiger partial charge is 0.262 e. The molecule has 6 nitrogen and oxygen atoms in total. The zero-order chi connectivity index (χ0) is 24.8. The van der Waals surface area contributed by atoms with Crippen LogP contribution in [-0.4, -0.2) is 21.4 Å². The van der Waals surface area contributed by atoms with Gasteiger partial charge in [-0.15, -0.1) is 0 Å². The Morgan fingerprint density at radius 2 is 1.54 bits per heavy atom. The summed E-state index contributed by atoms with van der Waals surface area (Å²) in [6.07, 6.45) is 0. The molecule has 4 rings (SSSR count). The lowest BCUT2D eigenvalue weighted by Crippen LogP contribution is -2.16. The molecule has 0 bridgehead atoms. The van der Waals surface area contributed by atoms with Crippen molar-refractivity contribution in [3.05, 3.63) is 108 Å². The van der Waals surface area contributed by atoms with Gasteiger partial charge in [0.25, 0.3) is 15.9 Å². The summed E-state index contributed by atoms with van der Waals surface area (Å²) in [5, 5.41) is 2.54. The molecule has 0 aliphatic rings. The number of amides is 1. The van der Waals surface area contributed by atoms with Gasteiger partial charge in [0.2, 0.25) is 0 Å². The van der Waals surface area contributed by atoms with Crippen molar-refractivity contribution in [1.29, 1.82) is 0 Å². The molecule has 4 aromatic carbocycles. The van der Waals surface area contributed by atoms with Crippen LogP contribution in [0.25, 0.3) is 0 Å². The summed E-state index contributed by atoms with van der Waals surface area (Å²) >= 11 is 1.43. The first-order valence-electron chi connectivity index (χ1n) is 10.5. The largest absolute Gasteiger partial charge is 0.495 e. The van der Waals surface area contributed by atoms with Crippen LogP contribution in [0.2, 0.25) is 0 Å². The van der Waals surface area contributed by atoms with Crippen LogP contribution in [-0.2, 0) is 10.0 Å². The SMILES string of the molecule is COc1ccc(S(=O)(=O)Nc2ccccc2Sc2ccccc2)cc1NC(=O)c1ccccc1F. The lowest BCUT2D eigenvalue weighted by Gasteiger charge is -2.15. The number of hydrogen-bond donors (Lipinski definition) is 2. The molecule has 4 aromatic rings. The highest BCUT2D eigenvalue weighted by Gasteiger charge is 2.20. The van der Waals surface area contributed by atoms with Crippen LogP contribution in [0.4, 0.5) is 15.8 Å². The second kappa shape index (κ2) is 10.6. The van der Waals surface area contributed by atoms with Crippen LogP contribution in [0.1, 0.15) is 10.4 Å². The Bertz CT molecular complexity index is 1460. The zero-order valence-electron chi connectivity index (χ0n) is 18.6. The Hall–Kier alpha value is -3.82. The molecule has 0 aliphatic heterocycles. The summed E-state index contributed by atoms with van der Waals surface area (Å²) in [6.45, 7) is 0. The Morgan fingerprint density at radius 1 is 0.857 bits per heavy atom. The van der Waals surface area contributed by atoms with E-state index in [1.54, 1.807) is 12.1 Å². The molecule has 0 atom stereocenters. The van der Waals surface area contributed by atoms with Crippen molar-refractivity contribution in [2.75, 3.05) is 17.1 Å². The number of nitrogens with one attached hydrogen (secondary N) is 2. The van der Waals surface area contributed by atoms with Gasteiger partial charge >= 0.3 is 0 Å². The number of anilines is 2. The highest BCUT2D eigenvalue weighted by molar-refractivity contribution is 7.99. The van der Waals surface area contributed by atoms with Crippen LogP contribution in [0.15, 0.2) is 112 Å². The average Bonchev–Trinajstić information content (AvgIpc) is 2.86. The Balaban J connectivity index is 1.62. The molecule has 2 N–H and O–H groups in total. The maximum atomic E-state index is 14.0. The molecule has 9 heteroatoms. The third-order valence-electron chi connectivity index (χ3n) is 4.95. The lowest BCUT2D eigenvalue weighted by atomic mass is 10.2. The number of halogens is 1. The van der Waals surface area contributed by atoms with E-state index in [-0.39, 0.29) is 21.9 Å². The topological polar surface area (TPSA) is 84.5 Å². The van der Waals surface area contributed by atoms with E-state index in [1.807, 2.05) is 42.5 Å². The van der Waals surface area contributed by atoms with Crippen molar-refractivity contribution < 1.29 is 22.3 Å². The number of para-hydroxylation sites is 1. The second-order valence-corrected chi connectivity index (χ2v) is 10.1. The Kier molecular flexibility index (Phi) is 7.38. The van der Waals surface area contributed by atoms with E-state index < -0.39 is 21.7 Å². The minimum Gasteiger partial charge on any atom is -0.495 e. The van der Waals surface area contributed by atoms with Gasteiger partial charge in [0.05, 0.1) is 28.9 Å². The van der Waals surface area contributed by atoms with Crippen molar-refractivity contribution in [3.8, 4) is 5.75 Å². The first-order valence-corrected chi connectivity index (χ1v) is 12.8. The second-order valence-electron chi connectivity index (χ2n) is 7.31. The van der Waals surface area contributed by atoms with E-state index in [0.29, 0.717) is 5.69 Å². The number of hydrogen-bond acceptors (Lipinski definition) is 5. The predicted molar refractivity (Wildman–Crippen MR) is 135 cm³/mol. The molecule has 0 radical (unpaired) electrons. The average molecular weight is 509 g/mol. The summed E-state index contributed by atoms with van der Waals surface area (Å²) in [5.74, 6) is -1.19. The molecule has 0 fully saturated rings. The molecular formula is C26H21FN2O4S2. The first-order chi connectivity index (χ1) is 16.9. The van der Waals surface area contributed by atoms with E-state index in [0.717, 1.165) is 9.79 Å². The molecule has 35 heavy (non-hydrogen) atoms. The fourth-order valence-electron chi connectivity index (χ4n) is 3.25. The molecular weight excluding hydrogens is 487 g/mol. The standard InChI is InChI=1S/C26H21FN2O4S2/c1-33-24-16-15-19(17-23(24)28-26(30)20-11-5-6-12-21(20)27)35(31,32)29-22-13-7-8-14-25(22)34-18-9-3-2-4-10-18/h2-17,29H,1H3,(H,28,30). The molecule has 0 aliphatic carbocycles. The van der Waals surface area contributed by atoms with E-state index in [9.17, 15) is 17.6 Å². The Morgan fingerprint density at radius 3 is 2.29 bits per heavy atom. The van der Waals surface area contributed by atoms with Gasteiger partial charge in [0, 0.05) is 9.79 Å². The van der Waals surface area contributed by atoms with Gasteiger partial charge in [-0.2, -0.15) is 0 Å². The summed E-state index contributed by atoms with van der Waals surface area (Å²) in [6, 6.07) is 26.2. The van der Waals surface area contributed by atoms with E-state index in [4.69, 9.17) is 4.74 Å². The Labute approximate surface area is 207 Å². The third-order valence-corrected chi connectivity index (χ3v) is 7.40. The minimum atomic E-state index is -4.03. The number of carbonyl (C=O) groups is 1. The highest BCUT2D eigenvalue weighted by Crippen LogP contribution is 2.35. The molecule has 1 amide bonds. The molecule has 0 spiro atoms. The summed E-state index contributed by atoms with van der Waals surface area (Å²) in [4.78, 5) is 14.2. The van der Waals surface area contributed by atoms with Crippen LogP contribution >= 0.6 is 11.8 Å². The van der Waals surface area contributed by atoms with Gasteiger partial charge in [0.15, 0.2) is 0 Å². The van der Waals surface area contributed by atoms with Crippen molar-refractivity contribution in [3.63, 3.8) is 0 Å². The van der Waals surface area contributed by atoms with Gasteiger partial charge in [-0.3, -0.25) is 9.52 Å². The van der Waals surface area contributed by atoms with Gasteiger partial charge in [-0.05, 0) is 54.6 Å². The minimum absolute atomic E-state index is 0.0931. The molecule has 0 unspecified atom stereocenters. The predicted octanol–water partition coefficient (Wildman–Crippen LogP) is 6.04. The van der Waals surface area contributed by atoms with E-state index in [2.05, 4.69) is 10.0 Å². The van der Waals surface area contributed by atoms with Crippen molar-refractivity contribution in [2.45, 2.75) is 14.7 Å². The fourth-order valence-corrected chi connectivity index (χ4v) is 5.34. The van der Waals surface area contributed by atoms with E-state index in [1.165, 1.54) is 61.3 Å². The summed E-state index contributed by atoms with van der Waals surface area (Å²) in [5.41, 5.74) is 0.331. The molecule has 0 saturated carbocycles. The molecule has 0 heterocycles. The molecule has 0 aromatic heterocycles. The number of rotatable bonds is 8. The van der Waals surface area contributed by atoms with Gasteiger partial charge in [0.1, 0.15) is 11.6 Å². The first kappa shape index (κ1) is 24.3.